The van der Waals surface area contributed by atoms with Gasteiger partial charge in [-0.3, -0.25) is 0 Å². The van der Waals surface area contributed by atoms with Gasteiger partial charge in [0.2, 0.25) is 0 Å². The zero-order chi connectivity index (χ0) is 10.5. The van der Waals surface area contributed by atoms with E-state index in [9.17, 15) is 0 Å². The first-order valence-electron chi connectivity index (χ1n) is 5.98. The summed E-state index contributed by atoms with van der Waals surface area (Å²) in [6.45, 7) is 3.17. The molecule has 3 nitrogen and oxygen atoms in total. The first-order valence-corrected chi connectivity index (χ1v) is 5.98. The Morgan fingerprint density at radius 3 is 2.93 bits per heavy atom. The Bertz CT molecular complexity index is 265. The van der Waals surface area contributed by atoms with Gasteiger partial charge >= 0.3 is 0 Å². The summed E-state index contributed by atoms with van der Waals surface area (Å²) in [5.74, 6) is 0.860. The summed E-state index contributed by atoms with van der Waals surface area (Å²) >= 11 is 0. The van der Waals surface area contributed by atoms with E-state index in [-0.39, 0.29) is 0 Å². The lowest BCUT2D eigenvalue weighted by atomic mass is 9.84. The third kappa shape index (κ3) is 3.06. The van der Waals surface area contributed by atoms with E-state index in [0.29, 0.717) is 6.04 Å². The van der Waals surface area contributed by atoms with Crippen molar-refractivity contribution < 1.29 is 4.52 Å². The molecule has 2 rings (SSSR count). The normalized spacial score (nSPS) is 20.3. The van der Waals surface area contributed by atoms with Crippen LogP contribution in [0.1, 0.15) is 44.6 Å². The van der Waals surface area contributed by atoms with Crippen molar-refractivity contribution >= 4 is 0 Å². The van der Waals surface area contributed by atoms with Crippen molar-refractivity contribution in [2.75, 3.05) is 0 Å². The summed E-state index contributed by atoms with van der Waals surface area (Å²) in [5.41, 5.74) is 1.14. The molecule has 0 radical (unpaired) electrons. The number of nitrogens with one attached hydrogen (secondary N) is 1. The van der Waals surface area contributed by atoms with Crippen molar-refractivity contribution in [3.63, 3.8) is 0 Å². The topological polar surface area (TPSA) is 38.1 Å². The van der Waals surface area contributed by atoms with Gasteiger partial charge in [0.05, 0.1) is 6.20 Å². The summed E-state index contributed by atoms with van der Waals surface area (Å²) in [6.07, 6.45) is 10.5. The highest BCUT2D eigenvalue weighted by Gasteiger charge is 2.19. The van der Waals surface area contributed by atoms with E-state index in [4.69, 9.17) is 4.52 Å². The molecule has 0 spiro atoms. The monoisotopic (exact) mass is 208 g/mol. The Morgan fingerprint density at radius 2 is 2.27 bits per heavy atom. The van der Waals surface area contributed by atoms with E-state index in [1.165, 1.54) is 32.1 Å². The summed E-state index contributed by atoms with van der Waals surface area (Å²) in [4.78, 5) is 0. The molecule has 1 saturated carbocycles. The molecule has 1 aromatic heterocycles. The summed E-state index contributed by atoms with van der Waals surface area (Å²) < 4.78 is 4.80. The molecule has 3 heteroatoms. The Labute approximate surface area is 91.2 Å². The third-order valence-corrected chi connectivity index (χ3v) is 3.47. The van der Waals surface area contributed by atoms with Gasteiger partial charge in [-0.1, -0.05) is 24.4 Å². The van der Waals surface area contributed by atoms with Gasteiger partial charge < -0.3 is 9.84 Å². The van der Waals surface area contributed by atoms with Crippen molar-refractivity contribution in [1.29, 1.82) is 0 Å². The smallest absolute Gasteiger partial charge is 0.128 e. The molecule has 84 valence electrons. The average molecular weight is 208 g/mol. The molecule has 15 heavy (non-hydrogen) atoms. The average Bonchev–Trinajstić information content (AvgIpc) is 2.80. The van der Waals surface area contributed by atoms with Crippen molar-refractivity contribution in [1.82, 2.24) is 10.5 Å². The van der Waals surface area contributed by atoms with Crippen LogP contribution >= 0.6 is 0 Å². The van der Waals surface area contributed by atoms with Crippen LogP contribution in [0.2, 0.25) is 0 Å². The van der Waals surface area contributed by atoms with Crippen molar-refractivity contribution in [2.45, 2.75) is 51.6 Å². The molecule has 0 saturated heterocycles. The van der Waals surface area contributed by atoms with Crippen molar-refractivity contribution in [3.8, 4) is 0 Å². The largest absolute Gasteiger partial charge is 0.364 e. The molecule has 1 fully saturated rings. The van der Waals surface area contributed by atoms with Gasteiger partial charge in [0.25, 0.3) is 0 Å². The highest BCUT2D eigenvalue weighted by Crippen LogP contribution is 2.26. The maximum absolute atomic E-state index is 4.80. The molecular formula is C12H20N2O. The summed E-state index contributed by atoms with van der Waals surface area (Å²) in [5, 5.41) is 7.25. The van der Waals surface area contributed by atoms with Crippen LogP contribution in [-0.2, 0) is 6.54 Å². The lowest BCUT2D eigenvalue weighted by Gasteiger charge is -2.28. The van der Waals surface area contributed by atoms with Crippen LogP contribution in [0, 0.1) is 5.92 Å². The van der Waals surface area contributed by atoms with Crippen LogP contribution < -0.4 is 5.32 Å². The predicted octanol–water partition coefficient (Wildman–Crippen LogP) is 2.73. The van der Waals surface area contributed by atoms with E-state index in [2.05, 4.69) is 17.4 Å². The third-order valence-electron chi connectivity index (χ3n) is 3.47. The lowest BCUT2D eigenvalue weighted by molar-refractivity contribution is 0.280. The van der Waals surface area contributed by atoms with Crippen molar-refractivity contribution in [2.24, 2.45) is 5.92 Å². The molecule has 1 aromatic rings. The standard InChI is InChI=1S/C12H20N2O/c1-10(12-5-3-2-4-6-12)13-7-11-8-14-15-9-11/h8-10,12-13H,2-7H2,1H3. The molecule has 0 amide bonds. The molecule has 1 N–H and O–H groups in total. The Morgan fingerprint density at radius 1 is 1.47 bits per heavy atom. The van der Waals surface area contributed by atoms with Crippen LogP contribution in [0.5, 0.6) is 0 Å². The number of nitrogens with zero attached hydrogens (tertiary/aromatic N) is 1. The molecule has 1 aliphatic carbocycles. The molecule has 1 atom stereocenters. The number of hydrogen-bond donors (Lipinski definition) is 1. The SMILES string of the molecule is CC(NCc1cnoc1)C1CCCCC1. The summed E-state index contributed by atoms with van der Waals surface area (Å²) in [7, 11) is 0. The first kappa shape index (κ1) is 10.7. The van der Waals surface area contributed by atoms with Crippen LogP contribution in [0.25, 0.3) is 0 Å². The second-order valence-electron chi connectivity index (χ2n) is 4.60. The predicted molar refractivity (Wildman–Crippen MR) is 59.4 cm³/mol. The van der Waals surface area contributed by atoms with Gasteiger partial charge in [0.15, 0.2) is 0 Å². The lowest BCUT2D eigenvalue weighted by Crippen LogP contribution is -2.34. The van der Waals surface area contributed by atoms with Gasteiger partial charge in [0, 0.05) is 18.2 Å². The Balaban J connectivity index is 1.74. The van der Waals surface area contributed by atoms with Crippen LogP contribution in [0.3, 0.4) is 0 Å². The molecule has 0 aliphatic heterocycles. The van der Waals surface area contributed by atoms with Gasteiger partial charge in [-0.05, 0) is 25.7 Å². The second kappa shape index (κ2) is 5.31. The van der Waals surface area contributed by atoms with Crippen LogP contribution in [0.4, 0.5) is 0 Å². The van der Waals surface area contributed by atoms with E-state index in [0.717, 1.165) is 18.0 Å². The van der Waals surface area contributed by atoms with Crippen LogP contribution in [-0.4, -0.2) is 11.2 Å². The minimum atomic E-state index is 0.611. The molecule has 1 aliphatic rings. The minimum absolute atomic E-state index is 0.611. The zero-order valence-electron chi connectivity index (χ0n) is 9.41. The minimum Gasteiger partial charge on any atom is -0.364 e. The Hall–Kier alpha value is -0.830. The second-order valence-corrected chi connectivity index (χ2v) is 4.60. The van der Waals surface area contributed by atoms with E-state index in [1.807, 2.05) is 0 Å². The Kier molecular flexibility index (Phi) is 3.78. The zero-order valence-corrected chi connectivity index (χ0v) is 9.41. The number of rotatable bonds is 4. The fourth-order valence-corrected chi connectivity index (χ4v) is 2.39. The number of aromatic nitrogens is 1. The maximum Gasteiger partial charge on any atom is 0.128 e. The van der Waals surface area contributed by atoms with E-state index in [1.54, 1.807) is 12.5 Å². The van der Waals surface area contributed by atoms with E-state index < -0.39 is 0 Å². The highest BCUT2D eigenvalue weighted by atomic mass is 16.5. The summed E-state index contributed by atoms with van der Waals surface area (Å²) in [6, 6.07) is 0.611. The van der Waals surface area contributed by atoms with Crippen molar-refractivity contribution in [3.05, 3.63) is 18.0 Å². The quantitative estimate of drug-likeness (QED) is 0.826. The molecule has 0 bridgehead atoms. The first-order chi connectivity index (χ1) is 7.36. The van der Waals surface area contributed by atoms with Gasteiger partial charge in [-0.2, -0.15) is 0 Å². The van der Waals surface area contributed by atoms with Crippen LogP contribution in [0.15, 0.2) is 17.0 Å². The molecule has 1 heterocycles. The van der Waals surface area contributed by atoms with Gasteiger partial charge in [0.1, 0.15) is 6.26 Å². The molecule has 1 unspecified atom stereocenters. The maximum atomic E-state index is 4.80. The highest BCUT2D eigenvalue weighted by molar-refractivity contribution is 4.99. The van der Waals surface area contributed by atoms with Gasteiger partial charge in [-0.15, -0.1) is 0 Å². The van der Waals surface area contributed by atoms with E-state index >= 15 is 0 Å². The fraction of sp³-hybridized carbons (Fsp3) is 0.750. The fourth-order valence-electron chi connectivity index (χ4n) is 2.39. The molecular weight excluding hydrogens is 188 g/mol. The van der Waals surface area contributed by atoms with Gasteiger partial charge in [-0.25, -0.2) is 0 Å². The molecule has 0 aromatic carbocycles. The number of hydrogen-bond acceptors (Lipinski definition) is 3.